The molecular formula is C29H32O2. The number of para-hydroxylation sites is 1. The lowest BCUT2D eigenvalue weighted by Crippen LogP contribution is -2.19. The summed E-state index contributed by atoms with van der Waals surface area (Å²) < 4.78 is 11.8. The molecule has 0 aromatic heterocycles. The summed E-state index contributed by atoms with van der Waals surface area (Å²) in [6.07, 6.45) is 8.84. The molecule has 0 N–H and O–H groups in total. The SMILES string of the molecule is C#CC(C)(CCCc1cccc(Oc2ccccc2)c1)c1ccc(OCC(C)C)cc1. The Hall–Kier alpha value is -3.18. The predicted octanol–water partition coefficient (Wildman–Crippen LogP) is 7.43. The van der Waals surface area contributed by atoms with E-state index >= 15 is 0 Å². The molecule has 0 fully saturated rings. The van der Waals surface area contributed by atoms with Gasteiger partial charge in [0.2, 0.25) is 0 Å². The number of benzene rings is 3. The number of hydrogen-bond acceptors (Lipinski definition) is 2. The second-order valence-corrected chi connectivity index (χ2v) is 8.62. The molecule has 3 aromatic carbocycles. The third-order valence-electron chi connectivity index (χ3n) is 5.41. The standard InChI is InChI=1S/C29H32O2/c1-5-29(4,25-16-18-26(19-17-25)30-22-23(2)3)20-10-12-24-11-9-15-28(21-24)31-27-13-7-6-8-14-27/h1,6-9,11,13-19,21,23H,10,12,20,22H2,2-4H3. The Kier molecular flexibility index (Phi) is 7.79. The van der Waals surface area contributed by atoms with Crippen molar-refractivity contribution in [1.82, 2.24) is 0 Å². The second-order valence-electron chi connectivity index (χ2n) is 8.62. The normalized spacial score (nSPS) is 12.7. The fourth-order valence-corrected chi connectivity index (χ4v) is 3.52. The van der Waals surface area contributed by atoms with Gasteiger partial charge in [0, 0.05) is 0 Å². The molecule has 0 aliphatic carbocycles. The number of hydrogen-bond donors (Lipinski definition) is 0. The molecule has 0 saturated heterocycles. The molecule has 160 valence electrons. The van der Waals surface area contributed by atoms with Crippen LogP contribution < -0.4 is 9.47 Å². The molecule has 0 saturated carbocycles. The average molecular weight is 413 g/mol. The van der Waals surface area contributed by atoms with Gasteiger partial charge < -0.3 is 9.47 Å². The van der Waals surface area contributed by atoms with Gasteiger partial charge in [-0.15, -0.1) is 6.42 Å². The smallest absolute Gasteiger partial charge is 0.127 e. The van der Waals surface area contributed by atoms with Crippen molar-refractivity contribution in [3.63, 3.8) is 0 Å². The molecule has 31 heavy (non-hydrogen) atoms. The Bertz CT molecular complexity index is 983. The van der Waals surface area contributed by atoms with Crippen LogP contribution in [0.4, 0.5) is 0 Å². The first-order valence-electron chi connectivity index (χ1n) is 11.0. The Morgan fingerprint density at radius 3 is 2.26 bits per heavy atom. The topological polar surface area (TPSA) is 18.5 Å². The van der Waals surface area contributed by atoms with Crippen molar-refractivity contribution in [3.05, 3.63) is 90.0 Å². The van der Waals surface area contributed by atoms with Crippen LogP contribution in [-0.4, -0.2) is 6.61 Å². The van der Waals surface area contributed by atoms with Crippen LogP contribution in [0.5, 0.6) is 17.2 Å². The van der Waals surface area contributed by atoms with Gasteiger partial charge in [0.05, 0.1) is 12.0 Å². The van der Waals surface area contributed by atoms with E-state index in [-0.39, 0.29) is 5.41 Å². The summed E-state index contributed by atoms with van der Waals surface area (Å²) in [5, 5.41) is 0. The van der Waals surface area contributed by atoms with Crippen LogP contribution in [0.25, 0.3) is 0 Å². The number of terminal acetylenes is 1. The third-order valence-corrected chi connectivity index (χ3v) is 5.41. The maximum absolute atomic E-state index is 5.96. The average Bonchev–Trinajstić information content (AvgIpc) is 2.79. The van der Waals surface area contributed by atoms with Crippen molar-refractivity contribution in [2.24, 2.45) is 5.92 Å². The Morgan fingerprint density at radius 2 is 1.58 bits per heavy atom. The van der Waals surface area contributed by atoms with Gasteiger partial charge in [0.1, 0.15) is 17.2 Å². The molecule has 0 radical (unpaired) electrons. The van der Waals surface area contributed by atoms with E-state index in [0.717, 1.165) is 48.7 Å². The molecule has 0 aliphatic heterocycles. The molecular weight excluding hydrogens is 380 g/mol. The monoisotopic (exact) mass is 412 g/mol. The number of ether oxygens (including phenoxy) is 2. The summed E-state index contributed by atoms with van der Waals surface area (Å²) in [5.41, 5.74) is 2.12. The van der Waals surface area contributed by atoms with E-state index in [1.807, 2.05) is 54.6 Å². The highest BCUT2D eigenvalue weighted by molar-refractivity contribution is 5.38. The van der Waals surface area contributed by atoms with E-state index in [1.165, 1.54) is 5.56 Å². The highest BCUT2D eigenvalue weighted by atomic mass is 16.5. The Labute approximate surface area is 187 Å². The fraction of sp³-hybridized carbons (Fsp3) is 0.310. The van der Waals surface area contributed by atoms with Crippen LogP contribution in [0.15, 0.2) is 78.9 Å². The highest BCUT2D eigenvalue weighted by Gasteiger charge is 2.23. The van der Waals surface area contributed by atoms with Crippen LogP contribution in [-0.2, 0) is 11.8 Å². The maximum atomic E-state index is 5.96. The zero-order valence-electron chi connectivity index (χ0n) is 18.8. The summed E-state index contributed by atoms with van der Waals surface area (Å²) in [7, 11) is 0. The van der Waals surface area contributed by atoms with Crippen LogP contribution in [0.3, 0.4) is 0 Å². The van der Waals surface area contributed by atoms with Gasteiger partial charge in [0.25, 0.3) is 0 Å². The van der Waals surface area contributed by atoms with Crippen molar-refractivity contribution < 1.29 is 9.47 Å². The minimum absolute atomic E-state index is 0.297. The first-order chi connectivity index (χ1) is 15.0. The summed E-state index contributed by atoms with van der Waals surface area (Å²) in [6, 6.07) is 26.4. The van der Waals surface area contributed by atoms with Crippen molar-refractivity contribution >= 4 is 0 Å². The van der Waals surface area contributed by atoms with Crippen molar-refractivity contribution in [1.29, 1.82) is 0 Å². The molecule has 0 spiro atoms. The summed E-state index contributed by atoms with van der Waals surface area (Å²) in [4.78, 5) is 0. The molecule has 1 atom stereocenters. The van der Waals surface area contributed by atoms with Crippen molar-refractivity contribution in [2.75, 3.05) is 6.61 Å². The Balaban J connectivity index is 1.58. The molecule has 0 aliphatic rings. The fourth-order valence-electron chi connectivity index (χ4n) is 3.52. The van der Waals surface area contributed by atoms with Gasteiger partial charge >= 0.3 is 0 Å². The van der Waals surface area contributed by atoms with Gasteiger partial charge in [0.15, 0.2) is 0 Å². The minimum Gasteiger partial charge on any atom is -0.493 e. The first kappa shape index (κ1) is 22.5. The molecule has 1 unspecified atom stereocenters. The Morgan fingerprint density at radius 1 is 0.871 bits per heavy atom. The van der Waals surface area contributed by atoms with E-state index < -0.39 is 0 Å². The predicted molar refractivity (Wildman–Crippen MR) is 129 cm³/mol. The second kappa shape index (κ2) is 10.7. The van der Waals surface area contributed by atoms with Gasteiger partial charge in [-0.1, -0.05) is 62.2 Å². The van der Waals surface area contributed by atoms with Crippen LogP contribution in [0.2, 0.25) is 0 Å². The molecule has 3 aromatic rings. The van der Waals surface area contributed by atoms with Crippen LogP contribution in [0, 0.1) is 18.3 Å². The summed E-state index contributed by atoms with van der Waals surface area (Å²) in [5.74, 6) is 6.14. The first-order valence-corrected chi connectivity index (χ1v) is 11.0. The highest BCUT2D eigenvalue weighted by Crippen LogP contribution is 2.31. The van der Waals surface area contributed by atoms with E-state index in [4.69, 9.17) is 15.9 Å². The lowest BCUT2D eigenvalue weighted by molar-refractivity contribution is 0.271. The lowest BCUT2D eigenvalue weighted by atomic mass is 9.78. The van der Waals surface area contributed by atoms with Gasteiger partial charge in [-0.25, -0.2) is 0 Å². The summed E-state index contributed by atoms with van der Waals surface area (Å²) in [6.45, 7) is 7.16. The van der Waals surface area contributed by atoms with E-state index in [2.05, 4.69) is 51.0 Å². The van der Waals surface area contributed by atoms with Crippen LogP contribution >= 0.6 is 0 Å². The molecule has 2 nitrogen and oxygen atoms in total. The molecule has 0 heterocycles. The van der Waals surface area contributed by atoms with E-state index in [0.29, 0.717) is 5.92 Å². The van der Waals surface area contributed by atoms with Gasteiger partial charge in [-0.05, 0) is 79.6 Å². The van der Waals surface area contributed by atoms with Crippen molar-refractivity contribution in [3.8, 4) is 29.6 Å². The largest absolute Gasteiger partial charge is 0.493 e. The zero-order chi connectivity index (χ0) is 22.1. The van der Waals surface area contributed by atoms with E-state index in [1.54, 1.807) is 0 Å². The van der Waals surface area contributed by atoms with Crippen molar-refractivity contribution in [2.45, 2.75) is 45.4 Å². The molecule has 3 rings (SSSR count). The number of rotatable bonds is 10. The van der Waals surface area contributed by atoms with Gasteiger partial charge in [-0.3, -0.25) is 0 Å². The maximum Gasteiger partial charge on any atom is 0.127 e. The third kappa shape index (κ3) is 6.66. The summed E-state index contributed by atoms with van der Waals surface area (Å²) >= 11 is 0. The molecule has 2 heteroatoms. The van der Waals surface area contributed by atoms with Gasteiger partial charge in [-0.2, -0.15) is 0 Å². The van der Waals surface area contributed by atoms with Crippen LogP contribution in [0.1, 0.15) is 44.7 Å². The minimum atomic E-state index is -0.297. The lowest BCUT2D eigenvalue weighted by Gasteiger charge is -2.24. The quantitative estimate of drug-likeness (QED) is 0.322. The number of aryl methyl sites for hydroxylation is 1. The molecule has 0 amide bonds. The molecule has 0 bridgehead atoms. The zero-order valence-corrected chi connectivity index (χ0v) is 18.8. The van der Waals surface area contributed by atoms with E-state index in [9.17, 15) is 0 Å².